The van der Waals surface area contributed by atoms with E-state index >= 15 is 0 Å². The average Bonchev–Trinajstić information content (AvgIpc) is 3.50. The number of fused-ring (bicyclic) bond motifs is 1. The molecule has 3 fully saturated rings. The van der Waals surface area contributed by atoms with Crippen LogP contribution in [0.2, 0.25) is 5.02 Å². The molecule has 2 N–H and O–H groups in total. The second kappa shape index (κ2) is 10.5. The fourth-order valence-corrected chi connectivity index (χ4v) is 6.55. The average molecular weight is 589 g/mol. The first kappa shape index (κ1) is 26.7. The number of benzene rings is 1. The molecule has 0 unspecified atom stereocenters. The van der Waals surface area contributed by atoms with Crippen molar-refractivity contribution >= 4 is 46.7 Å². The SMILES string of the molecule is COC(=O)C1=C(CN2CCN3C(=O)N(C4CC4)C[C@@H]3[C@H]2C(=O)O)NC(c2nccs2)=N[C@H]1c1ccc(F)cc1Cl. The number of piperazine rings is 1. The van der Waals surface area contributed by atoms with Crippen LogP contribution in [-0.4, -0.2) is 100 Å². The van der Waals surface area contributed by atoms with Crippen molar-refractivity contribution < 1.29 is 28.6 Å². The maximum absolute atomic E-state index is 13.9. The Hall–Kier alpha value is -3.55. The number of nitrogens with one attached hydrogen (secondary N) is 1. The van der Waals surface area contributed by atoms with Crippen LogP contribution < -0.4 is 5.32 Å². The van der Waals surface area contributed by atoms with Crippen LogP contribution in [0.4, 0.5) is 9.18 Å². The third-order valence-electron chi connectivity index (χ3n) is 7.69. The fraction of sp³-hybridized carbons (Fsp3) is 0.423. The molecule has 2 amide bonds. The Morgan fingerprint density at radius 2 is 2.08 bits per heavy atom. The van der Waals surface area contributed by atoms with Gasteiger partial charge >= 0.3 is 18.0 Å². The number of carboxylic acids is 1. The molecule has 40 heavy (non-hydrogen) atoms. The van der Waals surface area contributed by atoms with Crippen molar-refractivity contribution in [1.29, 1.82) is 0 Å². The molecule has 1 aromatic carbocycles. The van der Waals surface area contributed by atoms with E-state index in [9.17, 15) is 23.9 Å². The number of aromatic nitrogens is 1. The summed E-state index contributed by atoms with van der Waals surface area (Å²) in [6.45, 7) is 1.01. The highest BCUT2D eigenvalue weighted by atomic mass is 35.5. The molecule has 6 rings (SSSR count). The Bertz CT molecular complexity index is 1430. The fourth-order valence-electron chi connectivity index (χ4n) is 5.70. The minimum atomic E-state index is -1.05. The first-order valence-electron chi connectivity index (χ1n) is 12.8. The molecule has 3 aliphatic heterocycles. The molecule has 210 valence electrons. The molecule has 2 aromatic rings. The summed E-state index contributed by atoms with van der Waals surface area (Å²) in [5.41, 5.74) is 0.892. The van der Waals surface area contributed by atoms with Gasteiger partial charge in [0, 0.05) is 60.1 Å². The van der Waals surface area contributed by atoms with Crippen molar-refractivity contribution in [1.82, 2.24) is 25.0 Å². The lowest BCUT2D eigenvalue weighted by atomic mass is 9.94. The number of aliphatic imine (C=N–C) groups is 1. The molecule has 14 heteroatoms. The quantitative estimate of drug-likeness (QED) is 0.472. The lowest BCUT2D eigenvalue weighted by Gasteiger charge is -2.42. The highest BCUT2D eigenvalue weighted by Gasteiger charge is 2.52. The Morgan fingerprint density at radius 1 is 1.27 bits per heavy atom. The number of rotatable bonds is 7. The highest BCUT2D eigenvalue weighted by Crippen LogP contribution is 2.38. The number of amidine groups is 1. The molecule has 11 nitrogen and oxygen atoms in total. The van der Waals surface area contributed by atoms with Crippen molar-refractivity contribution in [3.05, 3.63) is 62.5 Å². The largest absolute Gasteiger partial charge is 0.480 e. The molecule has 1 saturated carbocycles. The third kappa shape index (κ3) is 4.71. The van der Waals surface area contributed by atoms with Crippen LogP contribution in [0.3, 0.4) is 0 Å². The summed E-state index contributed by atoms with van der Waals surface area (Å²) in [4.78, 5) is 53.1. The number of methoxy groups -OCH3 is 1. The lowest BCUT2D eigenvalue weighted by Crippen LogP contribution is -2.62. The smallest absolute Gasteiger partial charge is 0.338 e. The van der Waals surface area contributed by atoms with Gasteiger partial charge in [0.15, 0.2) is 10.8 Å². The summed E-state index contributed by atoms with van der Waals surface area (Å²) in [7, 11) is 1.24. The van der Waals surface area contributed by atoms with Gasteiger partial charge in [0.25, 0.3) is 0 Å². The van der Waals surface area contributed by atoms with Crippen LogP contribution in [-0.2, 0) is 14.3 Å². The number of ether oxygens (including phenoxy) is 1. The maximum atomic E-state index is 13.9. The van der Waals surface area contributed by atoms with Gasteiger partial charge < -0.3 is 25.0 Å². The predicted octanol–water partition coefficient (Wildman–Crippen LogP) is 2.49. The second-order valence-electron chi connectivity index (χ2n) is 10.1. The Balaban J connectivity index is 1.40. The molecule has 1 aliphatic carbocycles. The number of hydrogen-bond acceptors (Lipinski definition) is 9. The number of carboxylic acid groups (broad SMARTS) is 1. The van der Waals surface area contributed by atoms with E-state index in [0.29, 0.717) is 35.2 Å². The van der Waals surface area contributed by atoms with Crippen molar-refractivity contribution in [2.75, 3.05) is 33.3 Å². The van der Waals surface area contributed by atoms with Gasteiger partial charge in [-0.05, 0) is 25.0 Å². The van der Waals surface area contributed by atoms with Gasteiger partial charge in [0.05, 0.1) is 18.7 Å². The van der Waals surface area contributed by atoms with Gasteiger partial charge in [-0.3, -0.25) is 14.7 Å². The number of hydrogen-bond donors (Lipinski definition) is 2. The molecular formula is C26H26ClFN6O5S. The van der Waals surface area contributed by atoms with Crippen LogP contribution in [0.5, 0.6) is 0 Å². The summed E-state index contributed by atoms with van der Waals surface area (Å²) >= 11 is 7.75. The normalized spacial score (nSPS) is 25.0. The molecule has 4 aliphatic rings. The van der Waals surface area contributed by atoms with Gasteiger partial charge in [-0.2, -0.15) is 0 Å². The van der Waals surface area contributed by atoms with Crippen molar-refractivity contribution in [3.8, 4) is 0 Å². The van der Waals surface area contributed by atoms with E-state index in [4.69, 9.17) is 21.3 Å². The number of thiazole rings is 1. The Kier molecular flexibility index (Phi) is 6.97. The number of halogens is 2. The summed E-state index contributed by atoms with van der Waals surface area (Å²) in [6, 6.07) is 1.42. The van der Waals surface area contributed by atoms with Crippen molar-refractivity contribution in [2.24, 2.45) is 4.99 Å². The Labute approximate surface area is 237 Å². The second-order valence-corrected chi connectivity index (χ2v) is 11.4. The molecule has 3 atom stereocenters. The zero-order chi connectivity index (χ0) is 28.1. The van der Waals surface area contributed by atoms with Crippen molar-refractivity contribution in [3.63, 3.8) is 0 Å². The number of nitrogens with zero attached hydrogens (tertiary/aromatic N) is 5. The third-order valence-corrected chi connectivity index (χ3v) is 8.79. The minimum absolute atomic E-state index is 0.0308. The van der Waals surface area contributed by atoms with Crippen LogP contribution in [0.25, 0.3) is 0 Å². The van der Waals surface area contributed by atoms with Gasteiger partial charge in [0.2, 0.25) is 0 Å². The molecule has 4 heterocycles. The zero-order valence-electron chi connectivity index (χ0n) is 21.4. The van der Waals surface area contributed by atoms with E-state index in [2.05, 4.69) is 10.3 Å². The summed E-state index contributed by atoms with van der Waals surface area (Å²) < 4.78 is 19.0. The monoisotopic (exact) mass is 588 g/mol. The van der Waals surface area contributed by atoms with Gasteiger partial charge in [0.1, 0.15) is 17.9 Å². The first-order valence-corrected chi connectivity index (χ1v) is 14.1. The molecule has 0 bridgehead atoms. The molecule has 2 saturated heterocycles. The number of esters is 1. The van der Waals surface area contributed by atoms with E-state index in [1.807, 2.05) is 0 Å². The van der Waals surface area contributed by atoms with E-state index in [0.717, 1.165) is 18.9 Å². The zero-order valence-corrected chi connectivity index (χ0v) is 23.0. The minimum Gasteiger partial charge on any atom is -0.480 e. The van der Waals surface area contributed by atoms with Crippen LogP contribution in [0.15, 0.2) is 46.0 Å². The number of amides is 2. The number of carbonyl (C=O) groups excluding carboxylic acids is 2. The first-order chi connectivity index (χ1) is 19.3. The summed E-state index contributed by atoms with van der Waals surface area (Å²) in [5.74, 6) is -1.91. The van der Waals surface area contributed by atoms with Gasteiger partial charge in [-0.25, -0.2) is 19.0 Å². The van der Waals surface area contributed by atoms with Gasteiger partial charge in [-0.15, -0.1) is 11.3 Å². The van der Waals surface area contributed by atoms with Crippen LogP contribution in [0, 0.1) is 5.82 Å². The number of aliphatic carboxylic acids is 1. The molecule has 1 aromatic heterocycles. The van der Waals surface area contributed by atoms with Crippen molar-refractivity contribution in [2.45, 2.75) is 37.0 Å². The van der Waals surface area contributed by atoms with Crippen LogP contribution >= 0.6 is 22.9 Å². The lowest BCUT2D eigenvalue weighted by molar-refractivity contribution is -0.147. The molecule has 0 spiro atoms. The molecule has 0 radical (unpaired) electrons. The maximum Gasteiger partial charge on any atom is 0.338 e. The van der Waals surface area contributed by atoms with E-state index < -0.39 is 35.9 Å². The number of carbonyl (C=O) groups is 3. The summed E-state index contributed by atoms with van der Waals surface area (Å²) in [6.07, 6.45) is 3.48. The highest BCUT2D eigenvalue weighted by molar-refractivity contribution is 7.11. The van der Waals surface area contributed by atoms with E-state index in [1.54, 1.807) is 26.3 Å². The summed E-state index contributed by atoms with van der Waals surface area (Å²) in [5, 5.41) is 15.9. The standard InChI is InChI=1S/C26H26ClFN6O5S/c1-39-25(37)19-17(11-32-7-8-33-18(21(32)24(35)36)12-34(26(33)38)14-3-4-14)30-22(23-29-6-9-40-23)31-20(19)15-5-2-13(28)10-16(15)27/h2,5-6,9-10,14,18,20-21H,3-4,7-8,11-12H2,1H3,(H,30,31)(H,35,36)/t18-,20+,21+/m1/s1. The predicted molar refractivity (Wildman–Crippen MR) is 144 cm³/mol. The number of urea groups is 1. The van der Waals surface area contributed by atoms with E-state index in [-0.39, 0.29) is 35.8 Å². The van der Waals surface area contributed by atoms with Crippen LogP contribution in [0.1, 0.15) is 29.5 Å². The van der Waals surface area contributed by atoms with E-state index in [1.165, 1.54) is 30.6 Å². The van der Waals surface area contributed by atoms with Gasteiger partial charge in [-0.1, -0.05) is 17.7 Å². The molecular weight excluding hydrogens is 563 g/mol. The Morgan fingerprint density at radius 3 is 2.73 bits per heavy atom. The topological polar surface area (TPSA) is 128 Å².